The SMILES string of the molecule is CCc1nnc2n1NC(c1ccc(OC)cc1)C(C(=O)Nc1ccc(F)cc1)S2. The van der Waals surface area contributed by atoms with E-state index >= 15 is 0 Å². The third-order valence-electron chi connectivity index (χ3n) is 4.67. The van der Waals surface area contributed by atoms with Gasteiger partial charge in [0.2, 0.25) is 11.1 Å². The molecule has 2 unspecified atom stereocenters. The van der Waals surface area contributed by atoms with Gasteiger partial charge in [-0.2, -0.15) is 0 Å². The molecule has 2 atom stereocenters. The minimum absolute atomic E-state index is 0.206. The van der Waals surface area contributed by atoms with Crippen LogP contribution in [0, 0.1) is 5.82 Å². The van der Waals surface area contributed by atoms with Crippen LogP contribution in [-0.2, 0) is 11.2 Å². The Bertz CT molecular complexity index is 1010. The first kappa shape index (κ1) is 19.3. The van der Waals surface area contributed by atoms with Crippen molar-refractivity contribution in [3.05, 3.63) is 65.7 Å². The van der Waals surface area contributed by atoms with Crippen LogP contribution in [0.5, 0.6) is 5.75 Å². The zero-order valence-corrected chi connectivity index (χ0v) is 16.7. The van der Waals surface area contributed by atoms with Gasteiger partial charge >= 0.3 is 0 Å². The van der Waals surface area contributed by atoms with E-state index in [2.05, 4.69) is 20.9 Å². The maximum absolute atomic E-state index is 13.2. The molecule has 9 heteroatoms. The summed E-state index contributed by atoms with van der Waals surface area (Å²) in [4.78, 5) is 13.1. The summed E-state index contributed by atoms with van der Waals surface area (Å²) in [6.45, 7) is 2.00. The fourth-order valence-electron chi connectivity index (χ4n) is 3.14. The fraction of sp³-hybridized carbons (Fsp3) is 0.250. The molecule has 0 saturated heterocycles. The molecule has 0 saturated carbocycles. The van der Waals surface area contributed by atoms with Gasteiger partial charge in [0.25, 0.3) is 0 Å². The Labute approximate surface area is 171 Å². The van der Waals surface area contributed by atoms with Crippen molar-refractivity contribution < 1.29 is 13.9 Å². The molecule has 1 amide bonds. The number of carbonyl (C=O) groups is 1. The highest BCUT2D eigenvalue weighted by atomic mass is 32.2. The van der Waals surface area contributed by atoms with E-state index in [0.717, 1.165) is 17.1 Å². The van der Waals surface area contributed by atoms with E-state index in [-0.39, 0.29) is 17.8 Å². The fourth-order valence-corrected chi connectivity index (χ4v) is 4.23. The number of carbonyl (C=O) groups excluding carboxylic acids is 1. The van der Waals surface area contributed by atoms with Crippen LogP contribution in [-0.4, -0.2) is 33.1 Å². The lowest BCUT2D eigenvalue weighted by molar-refractivity contribution is -0.116. The topological polar surface area (TPSA) is 81.1 Å². The Balaban J connectivity index is 1.65. The number of halogens is 1. The van der Waals surface area contributed by atoms with Gasteiger partial charge in [-0.25, -0.2) is 9.07 Å². The third kappa shape index (κ3) is 3.91. The van der Waals surface area contributed by atoms with Crippen LogP contribution >= 0.6 is 11.8 Å². The van der Waals surface area contributed by atoms with E-state index in [0.29, 0.717) is 17.3 Å². The van der Waals surface area contributed by atoms with Crippen LogP contribution in [0.15, 0.2) is 53.7 Å². The third-order valence-corrected chi connectivity index (χ3v) is 5.88. The molecule has 1 aliphatic rings. The second-order valence-corrected chi connectivity index (χ2v) is 7.61. The Morgan fingerprint density at radius 3 is 2.59 bits per heavy atom. The molecule has 0 bridgehead atoms. The number of nitrogens with zero attached hydrogens (tertiary/aromatic N) is 3. The Morgan fingerprint density at radius 2 is 1.93 bits per heavy atom. The van der Waals surface area contributed by atoms with E-state index in [4.69, 9.17) is 4.74 Å². The number of hydrogen-bond acceptors (Lipinski definition) is 6. The highest BCUT2D eigenvalue weighted by Crippen LogP contribution is 2.38. The minimum Gasteiger partial charge on any atom is -0.497 e. The smallest absolute Gasteiger partial charge is 0.240 e. The largest absolute Gasteiger partial charge is 0.497 e. The molecule has 1 aliphatic heterocycles. The molecule has 0 radical (unpaired) electrons. The Kier molecular flexibility index (Phi) is 5.39. The maximum atomic E-state index is 13.2. The summed E-state index contributed by atoms with van der Waals surface area (Å²) in [6.07, 6.45) is 0.711. The number of ether oxygens (including phenoxy) is 1. The second kappa shape index (κ2) is 8.12. The molecule has 2 N–H and O–H groups in total. The van der Waals surface area contributed by atoms with E-state index in [1.165, 1.54) is 36.0 Å². The number of anilines is 1. The maximum Gasteiger partial charge on any atom is 0.240 e. The predicted octanol–water partition coefficient (Wildman–Crippen LogP) is 3.39. The van der Waals surface area contributed by atoms with Gasteiger partial charge < -0.3 is 15.5 Å². The minimum atomic E-state index is -0.505. The summed E-state index contributed by atoms with van der Waals surface area (Å²) in [6, 6.07) is 13.0. The highest BCUT2D eigenvalue weighted by Gasteiger charge is 2.37. The van der Waals surface area contributed by atoms with Crippen molar-refractivity contribution in [2.75, 3.05) is 17.9 Å². The molecule has 150 valence electrons. The van der Waals surface area contributed by atoms with E-state index < -0.39 is 5.25 Å². The summed E-state index contributed by atoms with van der Waals surface area (Å²) in [5, 5.41) is 11.4. The van der Waals surface area contributed by atoms with Gasteiger partial charge in [0.15, 0.2) is 5.82 Å². The molecule has 0 fully saturated rings. The van der Waals surface area contributed by atoms with Crippen molar-refractivity contribution in [2.45, 2.75) is 29.8 Å². The number of fused-ring (bicyclic) bond motifs is 1. The van der Waals surface area contributed by atoms with E-state index in [1.54, 1.807) is 7.11 Å². The molecule has 4 rings (SSSR count). The van der Waals surface area contributed by atoms with Crippen LogP contribution in [0.4, 0.5) is 10.1 Å². The zero-order valence-electron chi connectivity index (χ0n) is 15.9. The van der Waals surface area contributed by atoms with Crippen LogP contribution in [0.3, 0.4) is 0 Å². The first-order valence-corrected chi connectivity index (χ1v) is 10.0. The van der Waals surface area contributed by atoms with Crippen molar-refractivity contribution in [3.63, 3.8) is 0 Å². The number of aryl methyl sites for hydroxylation is 1. The van der Waals surface area contributed by atoms with Gasteiger partial charge in [-0.3, -0.25) is 4.79 Å². The van der Waals surface area contributed by atoms with E-state index in [1.807, 2.05) is 35.9 Å². The average Bonchev–Trinajstić information content (AvgIpc) is 3.16. The predicted molar refractivity (Wildman–Crippen MR) is 109 cm³/mol. The van der Waals surface area contributed by atoms with Gasteiger partial charge in [-0.15, -0.1) is 10.2 Å². The molecule has 29 heavy (non-hydrogen) atoms. The van der Waals surface area contributed by atoms with Gasteiger partial charge in [0, 0.05) is 12.1 Å². The number of rotatable bonds is 5. The van der Waals surface area contributed by atoms with Crippen molar-refractivity contribution in [1.29, 1.82) is 0 Å². The van der Waals surface area contributed by atoms with Crippen LogP contribution in [0.1, 0.15) is 24.4 Å². The summed E-state index contributed by atoms with van der Waals surface area (Å²) in [7, 11) is 1.61. The van der Waals surface area contributed by atoms with Gasteiger partial charge in [0.05, 0.1) is 13.2 Å². The molecular formula is C20H20FN5O2S. The molecule has 0 spiro atoms. The highest BCUT2D eigenvalue weighted by molar-refractivity contribution is 8.00. The normalized spacial score (nSPS) is 17.9. The summed E-state index contributed by atoms with van der Waals surface area (Å²) in [5.41, 5.74) is 4.85. The number of benzene rings is 2. The van der Waals surface area contributed by atoms with Crippen LogP contribution in [0.25, 0.3) is 0 Å². The molecule has 1 aromatic heterocycles. The number of amides is 1. The second-order valence-electron chi connectivity index (χ2n) is 6.50. The Morgan fingerprint density at radius 1 is 1.21 bits per heavy atom. The van der Waals surface area contributed by atoms with Crippen molar-refractivity contribution in [3.8, 4) is 5.75 Å². The number of aromatic nitrogens is 3. The first-order valence-electron chi connectivity index (χ1n) is 9.17. The van der Waals surface area contributed by atoms with Crippen LogP contribution in [0.2, 0.25) is 0 Å². The average molecular weight is 413 g/mol. The van der Waals surface area contributed by atoms with Gasteiger partial charge in [-0.05, 0) is 42.0 Å². The quantitative estimate of drug-likeness (QED) is 0.667. The van der Waals surface area contributed by atoms with Gasteiger partial charge in [-0.1, -0.05) is 30.8 Å². The van der Waals surface area contributed by atoms with Gasteiger partial charge in [0.1, 0.15) is 16.8 Å². The van der Waals surface area contributed by atoms with Crippen LogP contribution < -0.4 is 15.5 Å². The van der Waals surface area contributed by atoms with Crippen molar-refractivity contribution in [2.24, 2.45) is 0 Å². The number of hydrogen-bond donors (Lipinski definition) is 2. The lowest BCUT2D eigenvalue weighted by atomic mass is 10.0. The number of thioether (sulfide) groups is 1. The molecule has 3 aromatic rings. The van der Waals surface area contributed by atoms with E-state index in [9.17, 15) is 9.18 Å². The Hall–Kier alpha value is -3.07. The lowest BCUT2D eigenvalue weighted by Gasteiger charge is -2.33. The molecule has 7 nitrogen and oxygen atoms in total. The first-order chi connectivity index (χ1) is 14.1. The summed E-state index contributed by atoms with van der Waals surface area (Å²) >= 11 is 1.35. The lowest BCUT2D eigenvalue weighted by Crippen LogP contribution is -2.41. The zero-order chi connectivity index (χ0) is 20.4. The molecule has 2 heterocycles. The molecular weight excluding hydrogens is 393 g/mol. The number of nitrogens with one attached hydrogen (secondary N) is 2. The monoisotopic (exact) mass is 413 g/mol. The molecule has 2 aromatic carbocycles. The molecule has 0 aliphatic carbocycles. The summed E-state index contributed by atoms with van der Waals surface area (Å²) in [5.74, 6) is 0.974. The number of methoxy groups -OCH3 is 1. The van der Waals surface area contributed by atoms with Crippen molar-refractivity contribution >= 4 is 23.4 Å². The summed E-state index contributed by atoms with van der Waals surface area (Å²) < 4.78 is 20.2. The van der Waals surface area contributed by atoms with Crippen molar-refractivity contribution in [1.82, 2.24) is 14.9 Å². The standard InChI is InChI=1S/C20H20FN5O2S/c1-3-16-23-24-20-26(16)25-17(12-4-10-15(28-2)11-5-12)18(29-20)19(27)22-14-8-6-13(21)7-9-14/h4-11,17-18,25H,3H2,1-2H3,(H,22,27).